The molecular weight excluding hydrogens is 948 g/mol. The molecule has 0 bridgehead atoms. The second-order valence-corrected chi connectivity index (χ2v) is 22.4. The van der Waals surface area contributed by atoms with E-state index in [0.717, 1.165) is 96.3 Å². The molecule has 3 atom stereocenters. The molecule has 1 amide bonds. The Morgan fingerprint density at radius 2 is 0.827 bits per heavy atom. The number of rotatable bonds is 53. The van der Waals surface area contributed by atoms with Crippen LogP contribution in [-0.2, 0) is 18.4 Å². The SMILES string of the molecule is CC/C=C\C/C=C\C/C=C\C/C=C\C/C=C\C/C=C\C/C=C\C/C=C\CCCCCCCCCCCCCCC(=O)NC(COP(=O)([O-])OCC[N+](C)(C)C)C(O)/C=C/CC/C=C/CC/C=C/CCCCCCCC. The first-order valence-electron chi connectivity index (χ1n) is 30.0. The number of phosphoric acid groups is 1. The van der Waals surface area contributed by atoms with E-state index in [1.165, 1.54) is 109 Å². The fraction of sp³-hybridized carbons (Fsp3) is 0.652. The average molecular weight is 1060 g/mol. The lowest BCUT2D eigenvalue weighted by atomic mass is 10.0. The Kier molecular flexibility index (Phi) is 52.9. The summed E-state index contributed by atoms with van der Waals surface area (Å²) < 4.78 is 23.3. The number of aliphatic hydroxyl groups is 1. The van der Waals surface area contributed by atoms with Crippen molar-refractivity contribution >= 4 is 13.7 Å². The van der Waals surface area contributed by atoms with Gasteiger partial charge in [-0.3, -0.25) is 9.36 Å². The van der Waals surface area contributed by atoms with Gasteiger partial charge in [-0.2, -0.15) is 0 Å². The van der Waals surface area contributed by atoms with Crippen molar-refractivity contribution in [2.75, 3.05) is 40.9 Å². The summed E-state index contributed by atoms with van der Waals surface area (Å²) in [5.41, 5.74) is 0. The van der Waals surface area contributed by atoms with Crippen LogP contribution in [0.3, 0.4) is 0 Å². The van der Waals surface area contributed by atoms with Gasteiger partial charge < -0.3 is 28.8 Å². The predicted molar refractivity (Wildman–Crippen MR) is 325 cm³/mol. The van der Waals surface area contributed by atoms with Gasteiger partial charge in [-0.25, -0.2) is 0 Å². The van der Waals surface area contributed by atoms with Crippen LogP contribution < -0.4 is 10.2 Å². The van der Waals surface area contributed by atoms with E-state index < -0.39 is 26.6 Å². The highest BCUT2D eigenvalue weighted by atomic mass is 31.2. The molecule has 0 saturated carbocycles. The minimum atomic E-state index is -4.62. The highest BCUT2D eigenvalue weighted by molar-refractivity contribution is 7.45. The third kappa shape index (κ3) is 58.2. The quantitative estimate of drug-likeness (QED) is 0.0272. The molecule has 0 aliphatic rings. The summed E-state index contributed by atoms with van der Waals surface area (Å²) in [5, 5.41) is 13.8. The summed E-state index contributed by atoms with van der Waals surface area (Å²) in [7, 11) is 1.22. The first-order chi connectivity index (χ1) is 36.5. The first-order valence-corrected chi connectivity index (χ1v) is 31.5. The van der Waals surface area contributed by atoms with Gasteiger partial charge in [0.05, 0.1) is 39.9 Å². The molecule has 0 saturated heterocycles. The summed E-state index contributed by atoms with van der Waals surface area (Å²) in [6, 6.07) is -0.919. The van der Waals surface area contributed by atoms with Gasteiger partial charge >= 0.3 is 0 Å². The largest absolute Gasteiger partial charge is 0.756 e. The molecule has 9 heteroatoms. The van der Waals surface area contributed by atoms with E-state index in [1.807, 2.05) is 27.2 Å². The number of nitrogens with zero attached hydrogens (tertiary/aromatic N) is 1. The Bertz CT molecular complexity index is 1680. The number of amides is 1. The van der Waals surface area contributed by atoms with Crippen LogP contribution in [0.2, 0.25) is 0 Å². The van der Waals surface area contributed by atoms with Crippen LogP contribution in [0, 0.1) is 0 Å². The number of unbranched alkanes of at least 4 members (excludes halogenated alkanes) is 20. The fourth-order valence-electron chi connectivity index (χ4n) is 7.91. The summed E-state index contributed by atoms with van der Waals surface area (Å²) in [4.78, 5) is 25.5. The minimum Gasteiger partial charge on any atom is -0.756 e. The Morgan fingerprint density at radius 3 is 1.24 bits per heavy atom. The zero-order valence-electron chi connectivity index (χ0n) is 48.7. The lowest BCUT2D eigenvalue weighted by Gasteiger charge is -2.29. The summed E-state index contributed by atoms with van der Waals surface area (Å²) in [6.45, 7) is 4.48. The van der Waals surface area contributed by atoms with Gasteiger partial charge in [-0.1, -0.05) is 244 Å². The van der Waals surface area contributed by atoms with Gasteiger partial charge in [0.25, 0.3) is 7.82 Å². The van der Waals surface area contributed by atoms with E-state index in [0.29, 0.717) is 17.4 Å². The Morgan fingerprint density at radius 1 is 0.480 bits per heavy atom. The van der Waals surface area contributed by atoms with Crippen LogP contribution in [0.25, 0.3) is 0 Å². The smallest absolute Gasteiger partial charge is 0.268 e. The number of allylic oxidation sites excluding steroid dienone is 21. The molecule has 0 aromatic rings. The van der Waals surface area contributed by atoms with E-state index in [9.17, 15) is 19.4 Å². The van der Waals surface area contributed by atoms with Crippen LogP contribution >= 0.6 is 7.82 Å². The molecule has 0 aromatic carbocycles. The Hall–Kier alpha value is -3.36. The maximum atomic E-state index is 13.0. The molecule has 0 aliphatic heterocycles. The van der Waals surface area contributed by atoms with Gasteiger partial charge in [0.2, 0.25) is 5.91 Å². The number of quaternary nitrogens is 1. The molecule has 0 fully saturated rings. The topological polar surface area (TPSA) is 108 Å². The van der Waals surface area contributed by atoms with Crippen molar-refractivity contribution in [2.45, 2.75) is 238 Å². The number of hydrogen-bond acceptors (Lipinski definition) is 6. The minimum absolute atomic E-state index is 0.0153. The van der Waals surface area contributed by atoms with Crippen molar-refractivity contribution in [3.8, 4) is 0 Å². The van der Waals surface area contributed by atoms with Crippen LogP contribution in [0.4, 0.5) is 0 Å². The lowest BCUT2D eigenvalue weighted by Crippen LogP contribution is -2.45. The van der Waals surface area contributed by atoms with Crippen LogP contribution in [-0.4, -0.2) is 68.5 Å². The second kappa shape index (κ2) is 55.4. The molecule has 0 aliphatic carbocycles. The van der Waals surface area contributed by atoms with E-state index in [4.69, 9.17) is 9.05 Å². The van der Waals surface area contributed by atoms with Crippen molar-refractivity contribution in [3.05, 3.63) is 134 Å². The maximum Gasteiger partial charge on any atom is 0.268 e. The number of carbonyl (C=O) groups is 1. The molecule has 0 spiro atoms. The molecular formula is C66H113N2O6P. The number of nitrogens with one attached hydrogen (secondary N) is 1. The predicted octanol–water partition coefficient (Wildman–Crippen LogP) is 18.1. The number of likely N-dealkylation sites (N-methyl/N-ethyl adjacent to an activating group) is 1. The normalized spacial score (nSPS) is 14.8. The van der Waals surface area contributed by atoms with E-state index >= 15 is 0 Å². The van der Waals surface area contributed by atoms with Crippen LogP contribution in [0.5, 0.6) is 0 Å². The number of phosphoric ester groups is 1. The Labute approximate surface area is 462 Å². The van der Waals surface area contributed by atoms with Crippen molar-refractivity contribution < 1.29 is 32.9 Å². The highest BCUT2D eigenvalue weighted by Crippen LogP contribution is 2.38. The van der Waals surface area contributed by atoms with Crippen LogP contribution in [0.1, 0.15) is 226 Å². The second-order valence-electron chi connectivity index (χ2n) is 20.9. The standard InChI is InChI=1S/C66H113N2O6P/c1-6-8-10-12-14-16-18-20-22-24-25-26-27-28-29-30-31-32-33-34-35-36-37-38-39-40-41-42-43-44-46-48-50-52-54-56-58-60-66(70)67-64(63-74-75(71,72)73-62-61-68(3,4)5)65(69)59-57-55-53-51-49-47-45-23-21-19-17-15-13-11-9-7-2/h8,10,14,16,20-23,25-26,28-29,31-32,34-35,37-38,49,51,57,59,64-65,69H,6-7,9,11-13,15,17-19,24,27,30,33,36,39-48,50,52-56,58,60-63H2,1-5H3,(H-,67,70,71,72)/b10-8-,16-14-,22-20-,23-21+,26-25-,29-28-,32-31-,35-34-,38-37-,51-49+,59-57+. The third-order valence-electron chi connectivity index (χ3n) is 12.6. The van der Waals surface area contributed by atoms with E-state index in [2.05, 4.69) is 141 Å². The van der Waals surface area contributed by atoms with Gasteiger partial charge in [-0.15, -0.1) is 0 Å². The number of aliphatic hydroxyl groups excluding tert-OH is 1. The van der Waals surface area contributed by atoms with Crippen molar-refractivity contribution in [2.24, 2.45) is 0 Å². The lowest BCUT2D eigenvalue weighted by molar-refractivity contribution is -0.870. The molecule has 0 aromatic heterocycles. The van der Waals surface area contributed by atoms with Crippen LogP contribution in [0.15, 0.2) is 134 Å². The molecule has 8 nitrogen and oxygen atoms in total. The molecule has 3 unspecified atom stereocenters. The molecule has 0 radical (unpaired) electrons. The van der Waals surface area contributed by atoms with Crippen molar-refractivity contribution in [3.63, 3.8) is 0 Å². The molecule has 0 heterocycles. The number of carbonyl (C=O) groups excluding carboxylic acids is 1. The highest BCUT2D eigenvalue weighted by Gasteiger charge is 2.23. The summed E-state index contributed by atoms with van der Waals surface area (Å²) in [5.74, 6) is -0.219. The molecule has 2 N–H and O–H groups in total. The van der Waals surface area contributed by atoms with Gasteiger partial charge in [0.1, 0.15) is 13.2 Å². The van der Waals surface area contributed by atoms with Gasteiger partial charge in [0.15, 0.2) is 0 Å². The molecule has 0 rings (SSSR count). The fourth-order valence-corrected chi connectivity index (χ4v) is 8.63. The van der Waals surface area contributed by atoms with E-state index in [1.54, 1.807) is 6.08 Å². The third-order valence-corrected chi connectivity index (χ3v) is 13.5. The molecule has 75 heavy (non-hydrogen) atoms. The molecule has 428 valence electrons. The first kappa shape index (κ1) is 71.6. The summed E-state index contributed by atoms with van der Waals surface area (Å²) in [6.07, 6.45) is 83.9. The zero-order valence-corrected chi connectivity index (χ0v) is 49.6. The van der Waals surface area contributed by atoms with Gasteiger partial charge in [-0.05, 0) is 109 Å². The van der Waals surface area contributed by atoms with Crippen molar-refractivity contribution in [1.29, 1.82) is 0 Å². The summed E-state index contributed by atoms with van der Waals surface area (Å²) >= 11 is 0. The van der Waals surface area contributed by atoms with Crippen molar-refractivity contribution in [1.82, 2.24) is 5.32 Å². The average Bonchev–Trinajstić information content (AvgIpc) is 3.37. The number of hydrogen-bond donors (Lipinski definition) is 2. The monoisotopic (exact) mass is 1060 g/mol. The van der Waals surface area contributed by atoms with E-state index in [-0.39, 0.29) is 12.5 Å². The Balaban J connectivity index is 4.15. The zero-order chi connectivity index (χ0) is 54.9. The van der Waals surface area contributed by atoms with Gasteiger partial charge in [0, 0.05) is 6.42 Å². The maximum absolute atomic E-state index is 13.0.